The van der Waals surface area contributed by atoms with E-state index in [2.05, 4.69) is 158 Å². The Morgan fingerprint density at radius 1 is 0.304 bits per heavy atom. The lowest BCUT2D eigenvalue weighted by Crippen LogP contribution is -1.90. The molecule has 0 aliphatic carbocycles. The molecule has 0 spiro atoms. The molecule has 1 nitrogen and oxygen atoms in total. The quantitative estimate of drug-likeness (QED) is 0.183. The van der Waals surface area contributed by atoms with Gasteiger partial charge in [-0.25, -0.2) is 0 Å². The summed E-state index contributed by atoms with van der Waals surface area (Å²) in [6, 6.07) is 57.2. The molecule has 0 bridgehead atoms. The summed E-state index contributed by atoms with van der Waals surface area (Å²) in [5.41, 5.74) is 9.21. The number of rotatable bonds is 3. The predicted molar refractivity (Wildman–Crippen MR) is 198 cm³/mol. The minimum atomic E-state index is 0.923. The van der Waals surface area contributed by atoms with Gasteiger partial charge in [-0.15, -0.1) is 11.3 Å². The highest BCUT2D eigenvalue weighted by Crippen LogP contribution is 2.44. The summed E-state index contributed by atoms with van der Waals surface area (Å²) in [6.07, 6.45) is 0. The molecule has 0 fully saturated rings. The van der Waals surface area contributed by atoms with Crippen molar-refractivity contribution in [2.24, 2.45) is 0 Å². The van der Waals surface area contributed by atoms with Crippen LogP contribution in [-0.2, 0) is 0 Å². The molecule has 10 aromatic rings. The van der Waals surface area contributed by atoms with Gasteiger partial charge in [0.15, 0.2) is 0 Å². The second-order valence-corrected chi connectivity index (χ2v) is 13.1. The number of hydrogen-bond acceptors (Lipinski definition) is 2. The SMILES string of the molecule is c1ccc(-c2c3ccccc3c(-c3ccc(-c4ccc5c(c4)oc4cc6c(cc45)sc4ccccc46)cc3)c3ccccc23)cc1. The van der Waals surface area contributed by atoms with E-state index < -0.39 is 0 Å². The fourth-order valence-corrected chi connectivity index (χ4v) is 8.49. The molecule has 0 atom stereocenters. The smallest absolute Gasteiger partial charge is 0.136 e. The molecule has 2 heterocycles. The van der Waals surface area contributed by atoms with Crippen molar-refractivity contribution in [1.29, 1.82) is 0 Å². The van der Waals surface area contributed by atoms with Gasteiger partial charge in [0.05, 0.1) is 0 Å². The second-order valence-electron chi connectivity index (χ2n) is 12.0. The first-order valence-electron chi connectivity index (χ1n) is 15.7. The fraction of sp³-hybridized carbons (Fsp3) is 0. The van der Waals surface area contributed by atoms with Crippen molar-refractivity contribution in [3.8, 4) is 33.4 Å². The molecular formula is C44H26OS. The number of hydrogen-bond donors (Lipinski definition) is 0. The zero-order valence-corrected chi connectivity index (χ0v) is 25.6. The van der Waals surface area contributed by atoms with Crippen LogP contribution < -0.4 is 0 Å². The summed E-state index contributed by atoms with van der Waals surface area (Å²) in [4.78, 5) is 0. The molecule has 46 heavy (non-hydrogen) atoms. The predicted octanol–water partition coefficient (Wildman–Crippen LogP) is 13.3. The summed E-state index contributed by atoms with van der Waals surface area (Å²) < 4.78 is 9.09. The summed E-state index contributed by atoms with van der Waals surface area (Å²) in [7, 11) is 0. The van der Waals surface area contributed by atoms with E-state index >= 15 is 0 Å². The Balaban J connectivity index is 1.10. The first-order valence-corrected chi connectivity index (χ1v) is 16.5. The lowest BCUT2D eigenvalue weighted by atomic mass is 9.86. The molecule has 2 heteroatoms. The fourth-order valence-electron chi connectivity index (χ4n) is 7.36. The van der Waals surface area contributed by atoms with Crippen molar-refractivity contribution in [1.82, 2.24) is 0 Å². The van der Waals surface area contributed by atoms with E-state index in [1.807, 2.05) is 11.3 Å². The Bertz CT molecular complexity index is 2730. The molecule has 8 aromatic carbocycles. The molecule has 0 N–H and O–H groups in total. The van der Waals surface area contributed by atoms with Crippen LogP contribution in [0.2, 0.25) is 0 Å². The van der Waals surface area contributed by atoms with Gasteiger partial charge in [0.2, 0.25) is 0 Å². The van der Waals surface area contributed by atoms with Gasteiger partial charge in [-0.1, -0.05) is 127 Å². The number of furan rings is 1. The van der Waals surface area contributed by atoms with Crippen LogP contribution in [-0.4, -0.2) is 0 Å². The molecule has 214 valence electrons. The van der Waals surface area contributed by atoms with Crippen LogP contribution in [0.3, 0.4) is 0 Å². The van der Waals surface area contributed by atoms with E-state index in [0.29, 0.717) is 0 Å². The number of benzene rings is 8. The normalized spacial score (nSPS) is 11.9. The van der Waals surface area contributed by atoms with Gasteiger partial charge in [0.1, 0.15) is 11.2 Å². The maximum absolute atomic E-state index is 6.48. The molecule has 10 rings (SSSR count). The molecule has 0 saturated carbocycles. The van der Waals surface area contributed by atoms with E-state index in [4.69, 9.17) is 4.42 Å². The minimum absolute atomic E-state index is 0.923. The standard InChI is InChI=1S/C44H26OS/c1-2-10-28(11-3-1)43-33-13-4-6-15-35(33)44(36-16-7-5-14-34(36)43)29-20-18-27(19-21-29)30-22-23-31-37-26-42-38(25-40(37)45-39(31)24-30)32-12-8-9-17-41(32)46-42/h1-26H. The van der Waals surface area contributed by atoms with Gasteiger partial charge in [-0.3, -0.25) is 0 Å². The van der Waals surface area contributed by atoms with Gasteiger partial charge < -0.3 is 4.42 Å². The molecule has 0 amide bonds. The third-order valence-corrected chi connectivity index (χ3v) is 10.6. The van der Waals surface area contributed by atoms with Crippen molar-refractivity contribution in [3.63, 3.8) is 0 Å². The Labute approximate surface area is 269 Å². The lowest BCUT2D eigenvalue weighted by molar-refractivity contribution is 0.669. The summed E-state index contributed by atoms with van der Waals surface area (Å²) in [6.45, 7) is 0. The molecular weight excluding hydrogens is 577 g/mol. The van der Waals surface area contributed by atoms with Gasteiger partial charge in [0.25, 0.3) is 0 Å². The second kappa shape index (κ2) is 9.90. The molecule has 0 aliphatic rings. The maximum atomic E-state index is 6.48. The van der Waals surface area contributed by atoms with Crippen LogP contribution in [0.25, 0.3) is 97.0 Å². The lowest BCUT2D eigenvalue weighted by Gasteiger charge is -2.18. The zero-order valence-electron chi connectivity index (χ0n) is 24.8. The molecule has 0 aliphatic heterocycles. The third kappa shape index (κ3) is 3.81. The van der Waals surface area contributed by atoms with E-state index in [1.165, 1.54) is 74.9 Å². The average molecular weight is 603 g/mol. The highest BCUT2D eigenvalue weighted by molar-refractivity contribution is 7.25. The van der Waals surface area contributed by atoms with Crippen molar-refractivity contribution >= 4 is 75.0 Å². The van der Waals surface area contributed by atoms with Gasteiger partial charge in [-0.2, -0.15) is 0 Å². The number of fused-ring (bicyclic) bond motifs is 8. The highest BCUT2D eigenvalue weighted by atomic mass is 32.1. The van der Waals surface area contributed by atoms with Crippen LogP contribution in [0.15, 0.2) is 162 Å². The monoisotopic (exact) mass is 602 g/mol. The third-order valence-electron chi connectivity index (χ3n) is 9.47. The van der Waals surface area contributed by atoms with Gasteiger partial charge in [0, 0.05) is 30.9 Å². The maximum Gasteiger partial charge on any atom is 0.136 e. The number of thiophene rings is 1. The van der Waals surface area contributed by atoms with Crippen molar-refractivity contribution in [2.45, 2.75) is 0 Å². The summed E-state index contributed by atoms with van der Waals surface area (Å²) in [5.74, 6) is 0. The Morgan fingerprint density at radius 2 is 0.826 bits per heavy atom. The van der Waals surface area contributed by atoms with Crippen molar-refractivity contribution in [3.05, 3.63) is 158 Å². The first kappa shape index (κ1) is 25.6. The van der Waals surface area contributed by atoms with Crippen LogP contribution in [0.5, 0.6) is 0 Å². The Morgan fingerprint density at radius 3 is 1.50 bits per heavy atom. The summed E-state index contributed by atoms with van der Waals surface area (Å²) in [5, 5.41) is 9.97. The van der Waals surface area contributed by atoms with Crippen LogP contribution >= 0.6 is 11.3 Å². The average Bonchev–Trinajstić information content (AvgIpc) is 3.66. The van der Waals surface area contributed by atoms with Crippen LogP contribution in [0.1, 0.15) is 0 Å². The van der Waals surface area contributed by atoms with Crippen molar-refractivity contribution < 1.29 is 4.42 Å². The Kier molecular flexibility index (Phi) is 5.51. The molecule has 2 aromatic heterocycles. The van der Waals surface area contributed by atoms with Crippen LogP contribution in [0.4, 0.5) is 0 Å². The van der Waals surface area contributed by atoms with E-state index in [-0.39, 0.29) is 0 Å². The molecule has 0 unspecified atom stereocenters. The van der Waals surface area contributed by atoms with Crippen LogP contribution in [0, 0.1) is 0 Å². The zero-order chi connectivity index (χ0) is 30.2. The Hall–Kier alpha value is -5.70. The highest BCUT2D eigenvalue weighted by Gasteiger charge is 2.17. The molecule has 0 saturated heterocycles. The van der Waals surface area contributed by atoms with E-state index in [1.54, 1.807) is 0 Å². The minimum Gasteiger partial charge on any atom is -0.456 e. The largest absolute Gasteiger partial charge is 0.456 e. The van der Waals surface area contributed by atoms with E-state index in [9.17, 15) is 0 Å². The summed E-state index contributed by atoms with van der Waals surface area (Å²) >= 11 is 1.85. The first-order chi connectivity index (χ1) is 22.8. The van der Waals surface area contributed by atoms with Gasteiger partial charge in [-0.05, 0) is 85.3 Å². The molecule has 0 radical (unpaired) electrons. The van der Waals surface area contributed by atoms with Crippen molar-refractivity contribution in [2.75, 3.05) is 0 Å². The van der Waals surface area contributed by atoms with E-state index in [0.717, 1.165) is 22.1 Å². The van der Waals surface area contributed by atoms with Gasteiger partial charge >= 0.3 is 0 Å². The topological polar surface area (TPSA) is 13.1 Å².